The summed E-state index contributed by atoms with van der Waals surface area (Å²) in [5.41, 5.74) is 3.87. The molecule has 4 N–H and O–H groups in total. The molecule has 0 aliphatic carbocycles. The number of nitrogens with zero attached hydrogens (tertiary/aromatic N) is 3. The molecule has 27 heavy (non-hydrogen) atoms. The molecule has 0 unspecified atom stereocenters. The normalized spacial score (nSPS) is 10.9. The molecule has 0 aliphatic heterocycles. The lowest BCUT2D eigenvalue weighted by Gasteiger charge is -2.09. The number of H-pyrrole nitrogens is 1. The van der Waals surface area contributed by atoms with Crippen molar-refractivity contribution >= 4 is 45.9 Å². The highest BCUT2D eigenvalue weighted by molar-refractivity contribution is 7.97. The molecule has 136 valence electrons. The second-order valence-corrected chi connectivity index (χ2v) is 7.04. The Balaban J connectivity index is 1.52. The van der Waals surface area contributed by atoms with Crippen LogP contribution in [0.3, 0.4) is 0 Å². The third-order valence-electron chi connectivity index (χ3n) is 4.01. The van der Waals surface area contributed by atoms with Gasteiger partial charge in [-0.3, -0.25) is 9.82 Å². The zero-order valence-corrected chi connectivity index (χ0v) is 15.8. The van der Waals surface area contributed by atoms with Crippen LogP contribution in [0.4, 0.5) is 23.0 Å². The van der Waals surface area contributed by atoms with Crippen molar-refractivity contribution in [3.8, 4) is 0 Å². The van der Waals surface area contributed by atoms with E-state index in [2.05, 4.69) is 41.6 Å². The Morgan fingerprint density at radius 2 is 1.70 bits per heavy atom. The fourth-order valence-corrected chi connectivity index (χ4v) is 3.34. The number of hydrogen-bond acceptors (Lipinski definition) is 7. The lowest BCUT2D eigenvalue weighted by Crippen LogP contribution is -1.99. The van der Waals surface area contributed by atoms with Gasteiger partial charge in [0.2, 0.25) is 0 Å². The monoisotopic (exact) mass is 377 g/mol. The van der Waals surface area contributed by atoms with Crippen LogP contribution < -0.4 is 15.4 Å². The summed E-state index contributed by atoms with van der Waals surface area (Å²) in [7, 11) is 1.90. The van der Waals surface area contributed by atoms with Gasteiger partial charge in [0.15, 0.2) is 0 Å². The minimum atomic E-state index is 0.708. The van der Waals surface area contributed by atoms with E-state index in [-0.39, 0.29) is 0 Å². The number of aromatic nitrogens is 4. The third kappa shape index (κ3) is 4.02. The predicted octanol–water partition coefficient (Wildman–Crippen LogP) is 4.38. The summed E-state index contributed by atoms with van der Waals surface area (Å²) < 4.78 is 3.07. The molecular weight excluding hydrogens is 358 g/mol. The van der Waals surface area contributed by atoms with E-state index in [0.29, 0.717) is 5.82 Å². The van der Waals surface area contributed by atoms with Gasteiger partial charge in [-0.15, -0.1) is 0 Å². The maximum absolute atomic E-state index is 4.30. The van der Waals surface area contributed by atoms with Crippen LogP contribution in [0, 0.1) is 6.92 Å². The maximum atomic E-state index is 4.30. The van der Waals surface area contributed by atoms with Gasteiger partial charge in [0, 0.05) is 33.4 Å². The molecule has 0 saturated carbocycles. The van der Waals surface area contributed by atoms with Gasteiger partial charge in [-0.1, -0.05) is 6.07 Å². The number of anilines is 4. The van der Waals surface area contributed by atoms with E-state index in [4.69, 9.17) is 0 Å². The number of nitrogens with one attached hydrogen (secondary N) is 4. The molecule has 4 aromatic rings. The lowest BCUT2D eigenvalue weighted by atomic mass is 10.2. The standard InChI is InChI=1S/C19H19N7S/c1-12-16-7-6-14(9-17(16)26-25-12)24-19-10-18(21-11-22-19)23-13-4-3-5-15(8-13)27-20-2/h3-11,20H,1-2H3,(H,25,26)(H2,21,22,23,24). The quantitative estimate of drug-likeness (QED) is 0.371. The first-order valence-corrected chi connectivity index (χ1v) is 9.27. The van der Waals surface area contributed by atoms with Crippen LogP contribution in [0.2, 0.25) is 0 Å². The molecule has 7 nitrogen and oxygen atoms in total. The van der Waals surface area contributed by atoms with E-state index in [1.165, 1.54) is 6.33 Å². The largest absolute Gasteiger partial charge is 0.340 e. The van der Waals surface area contributed by atoms with Crippen LogP contribution >= 0.6 is 11.9 Å². The number of fused-ring (bicyclic) bond motifs is 1. The van der Waals surface area contributed by atoms with Gasteiger partial charge < -0.3 is 10.6 Å². The Morgan fingerprint density at radius 3 is 2.48 bits per heavy atom. The van der Waals surface area contributed by atoms with Crippen LogP contribution in [0.15, 0.2) is 59.8 Å². The van der Waals surface area contributed by atoms with Crippen LogP contribution in [0.1, 0.15) is 5.69 Å². The Hall–Kier alpha value is -3.10. The highest BCUT2D eigenvalue weighted by Gasteiger charge is 2.05. The lowest BCUT2D eigenvalue weighted by molar-refractivity contribution is 1.07. The van der Waals surface area contributed by atoms with E-state index in [1.807, 2.05) is 56.4 Å². The number of benzene rings is 2. The average Bonchev–Trinajstić information content (AvgIpc) is 3.03. The second-order valence-electron chi connectivity index (χ2n) is 5.95. The molecule has 0 atom stereocenters. The van der Waals surface area contributed by atoms with E-state index in [9.17, 15) is 0 Å². The molecule has 2 aromatic carbocycles. The van der Waals surface area contributed by atoms with Crippen LogP contribution in [-0.4, -0.2) is 27.2 Å². The van der Waals surface area contributed by atoms with Crippen molar-refractivity contribution in [2.24, 2.45) is 0 Å². The molecule has 0 aliphatic rings. The SMILES string of the molecule is CNSc1cccc(Nc2cc(Nc3ccc4c(C)[nH]nc4c3)ncn2)c1. The number of aryl methyl sites for hydroxylation is 1. The number of aromatic amines is 1. The molecule has 0 bridgehead atoms. The van der Waals surface area contributed by atoms with Crippen LogP contribution in [0.5, 0.6) is 0 Å². The zero-order valence-electron chi connectivity index (χ0n) is 14.9. The topological polar surface area (TPSA) is 90.5 Å². The smallest absolute Gasteiger partial charge is 0.135 e. The Labute approximate surface area is 161 Å². The van der Waals surface area contributed by atoms with Crippen molar-refractivity contribution in [3.63, 3.8) is 0 Å². The van der Waals surface area contributed by atoms with E-state index in [0.717, 1.165) is 38.7 Å². The summed E-state index contributed by atoms with van der Waals surface area (Å²) in [6.45, 7) is 2.01. The van der Waals surface area contributed by atoms with Crippen LogP contribution in [-0.2, 0) is 0 Å². The van der Waals surface area contributed by atoms with Gasteiger partial charge >= 0.3 is 0 Å². The van der Waals surface area contributed by atoms with Gasteiger partial charge in [-0.2, -0.15) is 5.10 Å². The molecule has 0 fully saturated rings. The summed E-state index contributed by atoms with van der Waals surface area (Å²) in [6.07, 6.45) is 1.54. The summed E-state index contributed by atoms with van der Waals surface area (Å²) in [5.74, 6) is 1.43. The minimum Gasteiger partial charge on any atom is -0.340 e. The van der Waals surface area contributed by atoms with Crippen LogP contribution in [0.25, 0.3) is 10.9 Å². The van der Waals surface area contributed by atoms with Gasteiger partial charge in [-0.25, -0.2) is 9.97 Å². The van der Waals surface area contributed by atoms with Gasteiger partial charge in [-0.05, 0) is 62.3 Å². The average molecular weight is 377 g/mol. The Morgan fingerprint density at radius 1 is 0.926 bits per heavy atom. The molecule has 0 saturated heterocycles. The first-order chi connectivity index (χ1) is 13.2. The Bertz CT molecular complexity index is 1080. The molecule has 8 heteroatoms. The molecule has 0 amide bonds. The van der Waals surface area contributed by atoms with E-state index >= 15 is 0 Å². The van der Waals surface area contributed by atoms with Crippen molar-refractivity contribution in [3.05, 3.63) is 60.6 Å². The molecule has 2 aromatic heterocycles. The first kappa shape index (κ1) is 17.3. The first-order valence-electron chi connectivity index (χ1n) is 8.46. The van der Waals surface area contributed by atoms with Crippen molar-refractivity contribution in [1.82, 2.24) is 24.9 Å². The summed E-state index contributed by atoms with van der Waals surface area (Å²) in [4.78, 5) is 9.73. The predicted molar refractivity (Wildman–Crippen MR) is 111 cm³/mol. The summed E-state index contributed by atoms with van der Waals surface area (Å²) >= 11 is 1.56. The van der Waals surface area contributed by atoms with Gasteiger partial charge in [0.25, 0.3) is 0 Å². The molecular formula is C19H19N7S. The Kier molecular flexibility index (Phi) is 4.91. The zero-order chi connectivity index (χ0) is 18.6. The van der Waals surface area contributed by atoms with E-state index in [1.54, 1.807) is 11.9 Å². The highest BCUT2D eigenvalue weighted by atomic mass is 32.2. The molecule has 0 spiro atoms. The maximum Gasteiger partial charge on any atom is 0.135 e. The fourth-order valence-electron chi connectivity index (χ4n) is 2.77. The highest BCUT2D eigenvalue weighted by Crippen LogP contribution is 2.24. The molecule has 4 rings (SSSR count). The molecule has 2 heterocycles. The summed E-state index contributed by atoms with van der Waals surface area (Å²) in [5, 5.41) is 15.0. The van der Waals surface area contributed by atoms with Crippen molar-refractivity contribution < 1.29 is 0 Å². The van der Waals surface area contributed by atoms with Crippen molar-refractivity contribution in [1.29, 1.82) is 0 Å². The van der Waals surface area contributed by atoms with Crippen molar-refractivity contribution in [2.75, 3.05) is 17.7 Å². The minimum absolute atomic E-state index is 0.708. The van der Waals surface area contributed by atoms with Gasteiger partial charge in [0.05, 0.1) is 5.52 Å². The number of rotatable bonds is 6. The molecule has 0 radical (unpaired) electrons. The van der Waals surface area contributed by atoms with Gasteiger partial charge in [0.1, 0.15) is 18.0 Å². The fraction of sp³-hybridized carbons (Fsp3) is 0.105. The van der Waals surface area contributed by atoms with Crippen molar-refractivity contribution in [2.45, 2.75) is 11.8 Å². The van der Waals surface area contributed by atoms with E-state index < -0.39 is 0 Å². The summed E-state index contributed by atoms with van der Waals surface area (Å²) in [6, 6.07) is 16.0. The third-order valence-corrected chi connectivity index (χ3v) is 4.71. The second kappa shape index (κ2) is 7.65. The number of hydrogen-bond donors (Lipinski definition) is 4.